The van der Waals surface area contributed by atoms with Crippen molar-refractivity contribution < 1.29 is 4.39 Å². The Morgan fingerprint density at radius 3 is 2.90 bits per heavy atom. The van der Waals surface area contributed by atoms with E-state index in [9.17, 15) is 4.39 Å². The molecule has 1 saturated carbocycles. The first-order chi connectivity index (χ1) is 9.68. The number of aromatic nitrogens is 1. The lowest BCUT2D eigenvalue weighted by atomic mass is 9.65. The third-order valence-electron chi connectivity index (χ3n) is 4.58. The molecule has 0 amide bonds. The molecular weight excluding hydrogens is 273 g/mol. The maximum absolute atomic E-state index is 14.3. The van der Waals surface area contributed by atoms with Gasteiger partial charge in [0.1, 0.15) is 5.82 Å². The monoisotopic (exact) mass is 289 g/mol. The molecule has 2 heterocycles. The second kappa shape index (κ2) is 4.19. The van der Waals surface area contributed by atoms with Crippen molar-refractivity contribution in [3.05, 3.63) is 40.7 Å². The molecule has 2 N–H and O–H groups in total. The molecule has 4 rings (SSSR count). The number of nitrogen functional groups attached to an aromatic ring is 1. The van der Waals surface area contributed by atoms with Gasteiger partial charge in [0.25, 0.3) is 0 Å². The second-order valence-corrected chi connectivity index (χ2v) is 6.94. The first-order valence-electron chi connectivity index (χ1n) is 6.92. The molecule has 20 heavy (non-hydrogen) atoms. The SMILES string of the molecule is Nc1ncc(CN2CC3(CCC3)c3c(F)cccc32)s1. The summed E-state index contributed by atoms with van der Waals surface area (Å²) in [6, 6.07) is 5.43. The van der Waals surface area contributed by atoms with Gasteiger partial charge in [0.15, 0.2) is 5.13 Å². The predicted molar refractivity (Wildman–Crippen MR) is 79.5 cm³/mol. The summed E-state index contributed by atoms with van der Waals surface area (Å²) >= 11 is 1.51. The molecule has 1 aromatic carbocycles. The van der Waals surface area contributed by atoms with E-state index in [1.54, 1.807) is 12.1 Å². The molecule has 5 heteroatoms. The maximum Gasteiger partial charge on any atom is 0.180 e. The van der Waals surface area contributed by atoms with Gasteiger partial charge in [-0.15, -0.1) is 11.3 Å². The summed E-state index contributed by atoms with van der Waals surface area (Å²) in [5.41, 5.74) is 7.73. The minimum Gasteiger partial charge on any atom is -0.375 e. The average Bonchev–Trinajstić information content (AvgIpc) is 2.93. The fourth-order valence-corrected chi connectivity index (χ4v) is 4.27. The summed E-state index contributed by atoms with van der Waals surface area (Å²) in [4.78, 5) is 7.51. The number of hydrogen-bond acceptors (Lipinski definition) is 4. The van der Waals surface area contributed by atoms with Crippen molar-refractivity contribution in [3.63, 3.8) is 0 Å². The Balaban J connectivity index is 1.72. The van der Waals surface area contributed by atoms with Gasteiger partial charge < -0.3 is 10.6 Å². The molecule has 0 atom stereocenters. The quantitative estimate of drug-likeness (QED) is 0.922. The lowest BCUT2D eigenvalue weighted by molar-refractivity contribution is 0.255. The molecule has 0 unspecified atom stereocenters. The molecule has 0 saturated heterocycles. The fraction of sp³-hybridized carbons (Fsp3) is 0.400. The molecule has 1 aromatic heterocycles. The van der Waals surface area contributed by atoms with Crippen molar-refractivity contribution in [1.29, 1.82) is 0 Å². The largest absolute Gasteiger partial charge is 0.375 e. The van der Waals surface area contributed by atoms with E-state index >= 15 is 0 Å². The minimum absolute atomic E-state index is 0.0477. The van der Waals surface area contributed by atoms with E-state index in [1.165, 1.54) is 17.8 Å². The molecule has 2 aromatic rings. The second-order valence-electron chi connectivity index (χ2n) is 5.79. The lowest BCUT2D eigenvalue weighted by Gasteiger charge is -2.39. The molecular formula is C15H16FN3S. The third kappa shape index (κ3) is 1.66. The number of hydrogen-bond donors (Lipinski definition) is 1. The summed E-state index contributed by atoms with van der Waals surface area (Å²) in [5.74, 6) is -0.0477. The zero-order chi connectivity index (χ0) is 13.7. The summed E-state index contributed by atoms with van der Waals surface area (Å²) < 4.78 is 14.3. The van der Waals surface area contributed by atoms with Crippen molar-refractivity contribution in [2.24, 2.45) is 0 Å². The van der Waals surface area contributed by atoms with E-state index in [2.05, 4.69) is 9.88 Å². The van der Waals surface area contributed by atoms with Crippen LogP contribution in [0.4, 0.5) is 15.2 Å². The third-order valence-corrected chi connectivity index (χ3v) is 5.40. The van der Waals surface area contributed by atoms with E-state index in [0.29, 0.717) is 5.13 Å². The Morgan fingerprint density at radius 2 is 2.25 bits per heavy atom. The van der Waals surface area contributed by atoms with E-state index in [1.807, 2.05) is 12.3 Å². The van der Waals surface area contributed by atoms with E-state index in [4.69, 9.17) is 5.73 Å². The molecule has 3 nitrogen and oxygen atoms in total. The number of halogens is 1. The number of nitrogens with zero attached hydrogens (tertiary/aromatic N) is 2. The van der Waals surface area contributed by atoms with E-state index < -0.39 is 0 Å². The van der Waals surface area contributed by atoms with Crippen molar-refractivity contribution in [2.75, 3.05) is 17.2 Å². The highest BCUT2D eigenvalue weighted by Gasteiger charge is 2.48. The molecule has 0 bridgehead atoms. The molecule has 104 valence electrons. The van der Waals surface area contributed by atoms with Gasteiger partial charge in [0.2, 0.25) is 0 Å². The zero-order valence-electron chi connectivity index (χ0n) is 11.1. The molecule has 1 aliphatic carbocycles. The van der Waals surface area contributed by atoms with Crippen LogP contribution in [0.2, 0.25) is 0 Å². The number of thiazole rings is 1. The van der Waals surface area contributed by atoms with Crippen LogP contribution in [0.3, 0.4) is 0 Å². The van der Waals surface area contributed by atoms with Crippen LogP contribution < -0.4 is 10.6 Å². The summed E-state index contributed by atoms with van der Waals surface area (Å²) in [7, 11) is 0. The van der Waals surface area contributed by atoms with Gasteiger partial charge in [-0.2, -0.15) is 0 Å². The van der Waals surface area contributed by atoms with Crippen molar-refractivity contribution in [2.45, 2.75) is 31.2 Å². The number of anilines is 2. The average molecular weight is 289 g/mol. The van der Waals surface area contributed by atoms with Crippen molar-refractivity contribution in [3.8, 4) is 0 Å². The predicted octanol–water partition coefficient (Wildman–Crippen LogP) is 3.31. The normalized spacial score (nSPS) is 19.1. The topological polar surface area (TPSA) is 42.1 Å². The van der Waals surface area contributed by atoms with Gasteiger partial charge in [-0.1, -0.05) is 12.5 Å². The zero-order valence-corrected chi connectivity index (χ0v) is 11.9. The van der Waals surface area contributed by atoms with Crippen molar-refractivity contribution in [1.82, 2.24) is 4.98 Å². The van der Waals surface area contributed by atoms with E-state index in [-0.39, 0.29) is 11.2 Å². The number of fused-ring (bicyclic) bond motifs is 2. The fourth-order valence-electron chi connectivity index (χ4n) is 3.57. The molecule has 1 fully saturated rings. The Morgan fingerprint density at radius 1 is 1.40 bits per heavy atom. The minimum atomic E-state index is -0.0477. The number of rotatable bonds is 2. The molecule has 1 aliphatic heterocycles. The molecule has 1 spiro atoms. The Bertz CT molecular complexity index is 663. The van der Waals surface area contributed by atoms with Crippen LogP contribution in [0, 0.1) is 5.82 Å². The lowest BCUT2D eigenvalue weighted by Crippen LogP contribution is -2.39. The van der Waals surface area contributed by atoms with Crippen LogP contribution in [0.15, 0.2) is 24.4 Å². The Kier molecular flexibility index (Phi) is 2.54. The van der Waals surface area contributed by atoms with Gasteiger partial charge in [0.05, 0.1) is 6.54 Å². The molecule has 2 aliphatic rings. The standard InChI is InChI=1S/C15H16FN3S/c16-11-3-1-4-12-13(11)15(5-2-6-15)9-19(12)8-10-7-18-14(17)20-10/h1,3-4,7H,2,5-6,8-9H2,(H2,17,18). The van der Waals surface area contributed by atoms with Crippen LogP contribution in [0.1, 0.15) is 29.7 Å². The van der Waals surface area contributed by atoms with Crippen LogP contribution in [-0.2, 0) is 12.0 Å². The van der Waals surface area contributed by atoms with E-state index in [0.717, 1.165) is 42.1 Å². The first-order valence-corrected chi connectivity index (χ1v) is 7.74. The van der Waals surface area contributed by atoms with Gasteiger partial charge in [-0.25, -0.2) is 9.37 Å². The van der Waals surface area contributed by atoms with Crippen LogP contribution in [0.25, 0.3) is 0 Å². The summed E-state index contributed by atoms with van der Waals surface area (Å²) in [6.07, 6.45) is 5.23. The smallest absolute Gasteiger partial charge is 0.180 e. The Hall–Kier alpha value is -1.62. The van der Waals surface area contributed by atoms with Gasteiger partial charge >= 0.3 is 0 Å². The van der Waals surface area contributed by atoms with Crippen LogP contribution in [0.5, 0.6) is 0 Å². The van der Waals surface area contributed by atoms with Gasteiger partial charge in [-0.3, -0.25) is 0 Å². The molecule has 0 radical (unpaired) electrons. The van der Waals surface area contributed by atoms with Gasteiger partial charge in [-0.05, 0) is 25.0 Å². The highest BCUT2D eigenvalue weighted by molar-refractivity contribution is 7.15. The van der Waals surface area contributed by atoms with Crippen LogP contribution in [-0.4, -0.2) is 11.5 Å². The highest BCUT2D eigenvalue weighted by atomic mass is 32.1. The van der Waals surface area contributed by atoms with Crippen molar-refractivity contribution >= 4 is 22.2 Å². The summed E-state index contributed by atoms with van der Waals surface area (Å²) in [6.45, 7) is 1.69. The van der Waals surface area contributed by atoms with Crippen LogP contribution >= 0.6 is 11.3 Å². The number of nitrogens with two attached hydrogens (primary N) is 1. The first kappa shape index (κ1) is 12.1. The number of benzene rings is 1. The highest BCUT2D eigenvalue weighted by Crippen LogP contribution is 2.53. The summed E-state index contributed by atoms with van der Waals surface area (Å²) in [5, 5.41) is 0.594. The Labute approximate surface area is 121 Å². The maximum atomic E-state index is 14.3. The van der Waals surface area contributed by atoms with Gasteiger partial charge in [0, 0.05) is 34.3 Å².